The molecule has 0 aliphatic carbocycles. The highest BCUT2D eigenvalue weighted by Gasteiger charge is 2.26. The fraction of sp³-hybridized carbons (Fsp3) is 0.357. The Morgan fingerprint density at radius 3 is 2.82 bits per heavy atom. The molecule has 1 N–H and O–H groups in total. The van der Waals surface area contributed by atoms with Crippen LogP contribution >= 0.6 is 38.9 Å². The maximum atomic E-state index is 12.6. The number of amides is 1. The van der Waals surface area contributed by atoms with Gasteiger partial charge in [0, 0.05) is 18.5 Å². The minimum Gasteiger partial charge on any atom is -0.503 e. The fourth-order valence-electron chi connectivity index (χ4n) is 2.33. The number of hydrogen-bond acceptors (Lipinski definition) is 5. The molecule has 1 aromatic heterocycles. The quantitative estimate of drug-likeness (QED) is 0.829. The van der Waals surface area contributed by atoms with Gasteiger partial charge in [0.15, 0.2) is 11.5 Å². The van der Waals surface area contributed by atoms with Crippen molar-refractivity contribution in [3.05, 3.63) is 20.4 Å². The lowest BCUT2D eigenvalue weighted by molar-refractivity contribution is 0.0306. The molecule has 0 atom stereocenters. The first-order valence-electron chi connectivity index (χ1n) is 6.59. The molecule has 0 bridgehead atoms. The third-order valence-corrected chi connectivity index (χ3v) is 6.26. The zero-order chi connectivity index (χ0) is 15.9. The highest BCUT2D eigenvalue weighted by Crippen LogP contribution is 2.47. The van der Waals surface area contributed by atoms with Crippen LogP contribution in [0.1, 0.15) is 9.67 Å². The molecule has 3 rings (SSSR count). The van der Waals surface area contributed by atoms with E-state index in [9.17, 15) is 9.90 Å². The molecule has 1 amide bonds. The molecule has 1 saturated heterocycles. The molecule has 0 saturated carbocycles. The number of carbonyl (C=O) groups is 1. The van der Waals surface area contributed by atoms with Crippen LogP contribution in [-0.4, -0.2) is 49.3 Å². The van der Waals surface area contributed by atoms with Gasteiger partial charge in [-0.25, -0.2) is 0 Å². The van der Waals surface area contributed by atoms with Gasteiger partial charge in [-0.15, -0.1) is 11.3 Å². The summed E-state index contributed by atoms with van der Waals surface area (Å²) in [6.45, 7) is 2.18. The van der Waals surface area contributed by atoms with Gasteiger partial charge in [0.05, 0.1) is 34.5 Å². The molecule has 2 heterocycles. The molecule has 0 unspecified atom stereocenters. The molecule has 22 heavy (non-hydrogen) atoms. The Labute approximate surface area is 144 Å². The van der Waals surface area contributed by atoms with E-state index in [1.807, 2.05) is 0 Å². The van der Waals surface area contributed by atoms with Crippen LogP contribution in [0.25, 0.3) is 10.1 Å². The number of nitrogens with zero attached hydrogens (tertiary/aromatic N) is 1. The van der Waals surface area contributed by atoms with Crippen molar-refractivity contribution in [1.82, 2.24) is 4.90 Å². The number of phenols is 1. The first kappa shape index (κ1) is 15.9. The summed E-state index contributed by atoms with van der Waals surface area (Å²) in [4.78, 5) is 14.8. The normalized spacial score (nSPS) is 15.3. The van der Waals surface area contributed by atoms with Gasteiger partial charge in [-0.3, -0.25) is 4.79 Å². The molecule has 8 heteroatoms. The average Bonchev–Trinajstić information content (AvgIpc) is 2.88. The number of methoxy groups -OCH3 is 1. The molecule has 2 aromatic rings. The predicted molar refractivity (Wildman–Crippen MR) is 89.5 cm³/mol. The molecule has 0 spiro atoms. The smallest absolute Gasteiger partial charge is 0.265 e. The Morgan fingerprint density at radius 2 is 2.18 bits per heavy atom. The topological polar surface area (TPSA) is 59.0 Å². The SMILES string of the molecule is COc1cc2c(Cl)c(C(=O)N3CCOCC3)sc2c(Br)c1O. The summed E-state index contributed by atoms with van der Waals surface area (Å²) in [5, 5.41) is 11.1. The Bertz CT molecular complexity index is 742. The number of hydrogen-bond donors (Lipinski definition) is 1. The van der Waals surface area contributed by atoms with Crippen molar-refractivity contribution in [2.75, 3.05) is 33.4 Å². The Hall–Kier alpha value is -1.02. The predicted octanol–water partition coefficient (Wildman–Crippen LogP) is 3.50. The number of aromatic hydroxyl groups is 1. The van der Waals surface area contributed by atoms with Crippen molar-refractivity contribution in [3.8, 4) is 11.5 Å². The molecule has 1 aliphatic rings. The van der Waals surface area contributed by atoms with Crippen molar-refractivity contribution in [2.24, 2.45) is 0 Å². The number of rotatable bonds is 2. The van der Waals surface area contributed by atoms with Crippen LogP contribution in [0.15, 0.2) is 10.5 Å². The summed E-state index contributed by atoms with van der Waals surface area (Å²) in [6, 6.07) is 1.64. The number of thiophene rings is 1. The van der Waals surface area contributed by atoms with Crippen LogP contribution in [-0.2, 0) is 4.74 Å². The van der Waals surface area contributed by atoms with Gasteiger partial charge in [0.1, 0.15) is 4.88 Å². The van der Waals surface area contributed by atoms with E-state index in [-0.39, 0.29) is 11.7 Å². The van der Waals surface area contributed by atoms with E-state index in [2.05, 4.69) is 15.9 Å². The molecule has 1 fully saturated rings. The van der Waals surface area contributed by atoms with E-state index >= 15 is 0 Å². The lowest BCUT2D eigenvalue weighted by Gasteiger charge is -2.26. The van der Waals surface area contributed by atoms with Crippen molar-refractivity contribution in [2.45, 2.75) is 0 Å². The largest absolute Gasteiger partial charge is 0.503 e. The number of morpholine rings is 1. The van der Waals surface area contributed by atoms with Crippen molar-refractivity contribution < 1.29 is 19.4 Å². The first-order chi connectivity index (χ1) is 10.5. The summed E-state index contributed by atoms with van der Waals surface area (Å²) < 4.78 is 11.6. The van der Waals surface area contributed by atoms with Gasteiger partial charge in [-0.2, -0.15) is 0 Å². The van der Waals surface area contributed by atoms with Gasteiger partial charge in [-0.1, -0.05) is 11.6 Å². The van der Waals surface area contributed by atoms with Crippen LogP contribution in [0.5, 0.6) is 11.5 Å². The first-order valence-corrected chi connectivity index (χ1v) is 8.57. The van der Waals surface area contributed by atoms with Gasteiger partial charge in [-0.05, 0) is 22.0 Å². The average molecular weight is 407 g/mol. The number of halogens is 2. The highest BCUT2D eigenvalue weighted by atomic mass is 79.9. The number of benzene rings is 1. The molecule has 1 aliphatic heterocycles. The lowest BCUT2D eigenvalue weighted by Crippen LogP contribution is -2.40. The van der Waals surface area contributed by atoms with E-state index in [0.717, 1.165) is 4.70 Å². The maximum Gasteiger partial charge on any atom is 0.265 e. The number of carbonyl (C=O) groups excluding carboxylic acids is 1. The lowest BCUT2D eigenvalue weighted by atomic mass is 10.2. The number of fused-ring (bicyclic) bond motifs is 1. The molecule has 1 aromatic carbocycles. The van der Waals surface area contributed by atoms with Crippen LogP contribution in [0.3, 0.4) is 0 Å². The van der Waals surface area contributed by atoms with Crippen LogP contribution in [0.4, 0.5) is 0 Å². The van der Waals surface area contributed by atoms with E-state index in [4.69, 9.17) is 21.1 Å². The van der Waals surface area contributed by atoms with Crippen molar-refractivity contribution >= 4 is 54.9 Å². The molecule has 5 nitrogen and oxygen atoms in total. The van der Waals surface area contributed by atoms with Crippen molar-refractivity contribution in [1.29, 1.82) is 0 Å². The zero-order valence-electron chi connectivity index (χ0n) is 11.7. The summed E-state index contributed by atoms with van der Waals surface area (Å²) in [5.74, 6) is 0.197. The second-order valence-corrected chi connectivity index (χ2v) is 6.96. The highest BCUT2D eigenvalue weighted by molar-refractivity contribution is 9.10. The Morgan fingerprint density at radius 1 is 1.50 bits per heavy atom. The minimum atomic E-state index is -0.111. The van der Waals surface area contributed by atoms with Gasteiger partial charge in [0.2, 0.25) is 0 Å². The second-order valence-electron chi connectivity index (χ2n) is 4.77. The van der Waals surface area contributed by atoms with Crippen LogP contribution in [0, 0.1) is 0 Å². The molecular weight excluding hydrogens is 394 g/mol. The Kier molecular flexibility index (Phi) is 4.49. The minimum absolute atomic E-state index is 0.00159. The summed E-state index contributed by atoms with van der Waals surface area (Å²) in [5.41, 5.74) is 0. The monoisotopic (exact) mass is 405 g/mol. The Balaban J connectivity index is 2.09. The summed E-state index contributed by atoms with van der Waals surface area (Å²) in [6.07, 6.45) is 0. The molecule has 0 radical (unpaired) electrons. The van der Waals surface area contributed by atoms with E-state index in [0.29, 0.717) is 51.8 Å². The summed E-state index contributed by atoms with van der Waals surface area (Å²) in [7, 11) is 1.47. The van der Waals surface area contributed by atoms with Gasteiger partial charge >= 0.3 is 0 Å². The van der Waals surface area contributed by atoms with E-state index in [1.165, 1.54) is 18.4 Å². The van der Waals surface area contributed by atoms with Gasteiger partial charge < -0.3 is 19.5 Å². The van der Waals surface area contributed by atoms with Gasteiger partial charge in [0.25, 0.3) is 5.91 Å². The summed E-state index contributed by atoms with van der Waals surface area (Å²) >= 11 is 11.0. The second kappa shape index (κ2) is 6.23. The van der Waals surface area contributed by atoms with Crippen LogP contribution < -0.4 is 4.74 Å². The number of ether oxygens (including phenoxy) is 2. The third-order valence-electron chi connectivity index (χ3n) is 3.51. The maximum absolute atomic E-state index is 12.6. The molecular formula is C14H13BrClNO4S. The third kappa shape index (κ3) is 2.56. The van der Waals surface area contributed by atoms with Crippen LogP contribution in [0.2, 0.25) is 5.02 Å². The van der Waals surface area contributed by atoms with Crippen molar-refractivity contribution in [3.63, 3.8) is 0 Å². The zero-order valence-corrected chi connectivity index (χ0v) is 14.8. The standard InChI is InChI=1S/C14H13BrClNO4S/c1-20-8-6-7-10(16)13(22-12(7)9(15)11(8)18)14(19)17-2-4-21-5-3-17/h6,18H,2-5H2,1H3. The van der Waals surface area contributed by atoms with E-state index in [1.54, 1.807) is 11.0 Å². The van der Waals surface area contributed by atoms with E-state index < -0.39 is 0 Å². The molecule has 118 valence electrons. The fourth-order valence-corrected chi connectivity index (χ4v) is 4.46. The number of phenolic OH excluding ortho intramolecular Hbond substituents is 1.